The summed E-state index contributed by atoms with van der Waals surface area (Å²) in [6.07, 6.45) is 2.60. The first-order valence-electron chi connectivity index (χ1n) is 9.80. The zero-order valence-corrected chi connectivity index (χ0v) is 16.8. The molecule has 0 bridgehead atoms. The van der Waals surface area contributed by atoms with Gasteiger partial charge in [0.2, 0.25) is 0 Å². The van der Waals surface area contributed by atoms with Crippen LogP contribution in [0, 0.1) is 13.8 Å². The van der Waals surface area contributed by atoms with Crippen molar-refractivity contribution in [1.29, 1.82) is 0 Å². The van der Waals surface area contributed by atoms with E-state index in [9.17, 15) is 0 Å². The number of hydrogen-bond acceptors (Lipinski definition) is 1. The molecule has 3 aromatic rings. The summed E-state index contributed by atoms with van der Waals surface area (Å²) >= 11 is 0. The molecule has 1 aliphatic carbocycles. The van der Waals surface area contributed by atoms with Crippen molar-refractivity contribution in [2.45, 2.75) is 31.8 Å². The molecule has 1 nitrogen and oxygen atoms in total. The van der Waals surface area contributed by atoms with Gasteiger partial charge in [-0.15, -0.1) is 0 Å². The molecule has 3 atom stereocenters. The first-order valence-corrected chi connectivity index (χ1v) is 11.4. The quantitative estimate of drug-likeness (QED) is 0.484. The van der Waals surface area contributed by atoms with Gasteiger partial charge in [0.05, 0.1) is 11.4 Å². The molecule has 5 rings (SSSR count). The van der Waals surface area contributed by atoms with Gasteiger partial charge in [-0.2, -0.15) is 0 Å². The van der Waals surface area contributed by atoms with Crippen molar-refractivity contribution in [3.63, 3.8) is 0 Å². The van der Waals surface area contributed by atoms with Gasteiger partial charge in [0.15, 0.2) is 0 Å². The van der Waals surface area contributed by atoms with Crippen LogP contribution in [0.1, 0.15) is 34.6 Å². The normalized spacial score (nSPS) is 24.8. The van der Waals surface area contributed by atoms with E-state index in [-0.39, 0.29) is 7.92 Å². The fourth-order valence-corrected chi connectivity index (χ4v) is 8.01. The van der Waals surface area contributed by atoms with Gasteiger partial charge in [-0.1, -0.05) is 80.7 Å². The molecule has 27 heavy (non-hydrogen) atoms. The maximum Gasteiger partial charge on any atom is 0.0691 e. The minimum atomic E-state index is -0.213. The molecular weight excluding hydrogens is 345 g/mol. The van der Waals surface area contributed by atoms with Crippen molar-refractivity contribution in [3.05, 3.63) is 95.1 Å². The highest BCUT2D eigenvalue weighted by Crippen LogP contribution is 2.60. The third-order valence-electron chi connectivity index (χ3n) is 6.07. The lowest BCUT2D eigenvalue weighted by Crippen LogP contribution is -2.19. The molecule has 2 heteroatoms. The number of fused-ring (bicyclic) bond motifs is 3. The number of benzene rings is 3. The molecule has 134 valence electrons. The Hall–Kier alpha value is -2.24. The number of aliphatic imine (C=N–C) groups is 1. The highest BCUT2D eigenvalue weighted by atomic mass is 31.1. The van der Waals surface area contributed by atoms with E-state index < -0.39 is 0 Å². The third-order valence-corrected chi connectivity index (χ3v) is 9.05. The standard InChI is InChI=1S/C25H24NP/c1-17-9-8-10-18(2)23(17)26-24-21-14-7-6-13-20(21)22-15-16-27(25(22)24)19-11-4-3-5-12-19/h3-14,22,25H,15-16H2,1-2H3/t22-,25-,27?/m0/s1. The summed E-state index contributed by atoms with van der Waals surface area (Å²) in [7, 11) is -0.213. The summed E-state index contributed by atoms with van der Waals surface area (Å²) < 4.78 is 0. The summed E-state index contributed by atoms with van der Waals surface area (Å²) in [5, 5.41) is 1.53. The molecule has 1 unspecified atom stereocenters. The van der Waals surface area contributed by atoms with Crippen molar-refractivity contribution in [2.75, 3.05) is 6.16 Å². The summed E-state index contributed by atoms with van der Waals surface area (Å²) in [6.45, 7) is 4.36. The molecule has 3 aromatic carbocycles. The van der Waals surface area contributed by atoms with E-state index in [4.69, 9.17) is 4.99 Å². The Bertz CT molecular complexity index is 1000. The largest absolute Gasteiger partial charge is 0.252 e. The van der Waals surface area contributed by atoms with Gasteiger partial charge < -0.3 is 0 Å². The maximum atomic E-state index is 5.35. The second kappa shape index (κ2) is 6.73. The van der Waals surface area contributed by atoms with Crippen LogP contribution >= 0.6 is 7.92 Å². The van der Waals surface area contributed by atoms with Crippen molar-refractivity contribution in [1.82, 2.24) is 0 Å². The lowest BCUT2D eigenvalue weighted by atomic mass is 9.99. The molecule has 0 radical (unpaired) electrons. The Morgan fingerprint density at radius 1 is 0.815 bits per heavy atom. The van der Waals surface area contributed by atoms with E-state index in [1.54, 1.807) is 0 Å². The van der Waals surface area contributed by atoms with E-state index in [0.717, 1.165) is 5.69 Å². The molecule has 0 N–H and O–H groups in total. The first-order chi connectivity index (χ1) is 13.2. The SMILES string of the molecule is Cc1cccc(C)c1N=C1c2ccccc2[C@@H]2CCP(c3ccccc3)[C@H]12. The molecule has 1 aliphatic heterocycles. The van der Waals surface area contributed by atoms with Crippen LogP contribution in [0.4, 0.5) is 5.69 Å². The van der Waals surface area contributed by atoms with Crippen LogP contribution in [-0.4, -0.2) is 17.5 Å². The Balaban J connectivity index is 1.69. The van der Waals surface area contributed by atoms with Gasteiger partial charge in [0.25, 0.3) is 0 Å². The van der Waals surface area contributed by atoms with E-state index in [2.05, 4.69) is 86.6 Å². The molecule has 0 aromatic heterocycles. The number of rotatable bonds is 2. The molecular formula is C25H24NP. The summed E-state index contributed by atoms with van der Waals surface area (Å²) in [6, 6.07) is 26.6. The van der Waals surface area contributed by atoms with Crippen molar-refractivity contribution in [2.24, 2.45) is 4.99 Å². The third kappa shape index (κ3) is 2.77. The van der Waals surface area contributed by atoms with Crippen LogP contribution in [0.5, 0.6) is 0 Å². The van der Waals surface area contributed by atoms with Gasteiger partial charge in [-0.3, -0.25) is 4.99 Å². The van der Waals surface area contributed by atoms with Gasteiger partial charge >= 0.3 is 0 Å². The number of aryl methyl sites for hydroxylation is 2. The minimum absolute atomic E-state index is 0.213. The number of para-hydroxylation sites is 1. The number of hydrogen-bond donors (Lipinski definition) is 0. The van der Waals surface area contributed by atoms with Crippen LogP contribution in [0.15, 0.2) is 77.8 Å². The topological polar surface area (TPSA) is 12.4 Å². The lowest BCUT2D eigenvalue weighted by Gasteiger charge is -2.21. The molecule has 2 aliphatic rings. The second-order valence-corrected chi connectivity index (χ2v) is 10.2. The Kier molecular flexibility index (Phi) is 4.21. The zero-order valence-electron chi connectivity index (χ0n) is 15.9. The van der Waals surface area contributed by atoms with Gasteiger partial charge in [-0.25, -0.2) is 0 Å². The summed E-state index contributed by atoms with van der Waals surface area (Å²) in [4.78, 5) is 5.35. The van der Waals surface area contributed by atoms with Crippen LogP contribution in [0.2, 0.25) is 0 Å². The van der Waals surface area contributed by atoms with Crippen LogP contribution in [-0.2, 0) is 0 Å². The second-order valence-electron chi connectivity index (χ2n) is 7.69. The average Bonchev–Trinajstić information content (AvgIpc) is 3.25. The lowest BCUT2D eigenvalue weighted by molar-refractivity contribution is 0.761. The van der Waals surface area contributed by atoms with E-state index in [1.165, 1.54) is 45.9 Å². The Morgan fingerprint density at radius 2 is 1.52 bits per heavy atom. The molecule has 0 spiro atoms. The number of nitrogens with zero attached hydrogens (tertiary/aromatic N) is 1. The van der Waals surface area contributed by atoms with E-state index >= 15 is 0 Å². The van der Waals surface area contributed by atoms with Gasteiger partial charge in [0.1, 0.15) is 0 Å². The van der Waals surface area contributed by atoms with Crippen molar-refractivity contribution >= 4 is 24.6 Å². The highest BCUT2D eigenvalue weighted by molar-refractivity contribution is 7.67. The van der Waals surface area contributed by atoms with Gasteiger partial charge in [-0.05, 0) is 54.3 Å². The van der Waals surface area contributed by atoms with Crippen LogP contribution in [0.25, 0.3) is 0 Å². The van der Waals surface area contributed by atoms with E-state index in [0.29, 0.717) is 11.6 Å². The summed E-state index contributed by atoms with van der Waals surface area (Å²) in [5.41, 5.74) is 8.50. The molecule has 1 fully saturated rings. The maximum absolute atomic E-state index is 5.35. The monoisotopic (exact) mass is 369 g/mol. The zero-order chi connectivity index (χ0) is 18.4. The van der Waals surface area contributed by atoms with Crippen molar-refractivity contribution in [3.8, 4) is 0 Å². The fourth-order valence-electron chi connectivity index (χ4n) is 4.81. The molecule has 1 saturated heterocycles. The predicted octanol–water partition coefficient (Wildman–Crippen LogP) is 6.10. The van der Waals surface area contributed by atoms with E-state index in [1.807, 2.05) is 0 Å². The molecule has 0 amide bonds. The van der Waals surface area contributed by atoms with Crippen molar-refractivity contribution < 1.29 is 0 Å². The molecule has 0 saturated carbocycles. The fraction of sp³-hybridized carbons (Fsp3) is 0.240. The smallest absolute Gasteiger partial charge is 0.0691 e. The van der Waals surface area contributed by atoms with Crippen LogP contribution in [0.3, 0.4) is 0 Å². The van der Waals surface area contributed by atoms with Crippen LogP contribution < -0.4 is 5.30 Å². The minimum Gasteiger partial charge on any atom is -0.252 e. The van der Waals surface area contributed by atoms with Gasteiger partial charge in [0, 0.05) is 11.2 Å². The Morgan fingerprint density at radius 3 is 2.30 bits per heavy atom. The molecule has 1 heterocycles. The Labute approximate surface area is 162 Å². The highest BCUT2D eigenvalue weighted by Gasteiger charge is 2.46. The first kappa shape index (κ1) is 16.9. The average molecular weight is 369 g/mol. The predicted molar refractivity (Wildman–Crippen MR) is 118 cm³/mol. The summed E-state index contributed by atoms with van der Waals surface area (Å²) in [5.74, 6) is 0.635.